The van der Waals surface area contributed by atoms with E-state index < -0.39 is 0 Å². The van der Waals surface area contributed by atoms with Crippen LogP contribution in [0.4, 0.5) is 0 Å². The fraction of sp³-hybridized carbons (Fsp3) is 0.500. The highest BCUT2D eigenvalue weighted by atomic mass is 127. The molecule has 1 aromatic carbocycles. The maximum absolute atomic E-state index is 5.66. The van der Waals surface area contributed by atoms with Crippen LogP contribution in [0.25, 0.3) is 5.57 Å². The van der Waals surface area contributed by atoms with E-state index in [9.17, 15) is 0 Å². The Morgan fingerprint density at radius 1 is 1.29 bits per heavy atom. The van der Waals surface area contributed by atoms with E-state index in [4.69, 9.17) is 9.47 Å². The van der Waals surface area contributed by atoms with Gasteiger partial charge in [0.1, 0.15) is 0 Å². The molecule has 1 aromatic rings. The summed E-state index contributed by atoms with van der Waals surface area (Å²) in [5.41, 5.74) is 2.74. The molecule has 0 amide bonds. The second-order valence-electron chi connectivity index (χ2n) is 5.79. The maximum atomic E-state index is 5.66. The predicted octanol–water partition coefficient (Wildman–Crippen LogP) is 2.38. The van der Waals surface area contributed by atoms with E-state index in [2.05, 4.69) is 51.6 Å². The van der Waals surface area contributed by atoms with E-state index >= 15 is 0 Å². The van der Waals surface area contributed by atoms with Crippen LogP contribution in [0.2, 0.25) is 0 Å². The smallest absolute Gasteiger partial charge is 0.194 e. The third kappa shape index (κ3) is 5.19. The van der Waals surface area contributed by atoms with Crippen LogP contribution in [0, 0.1) is 0 Å². The van der Waals surface area contributed by atoms with Gasteiger partial charge < -0.3 is 19.7 Å². The first kappa shape index (κ1) is 19.2. The Morgan fingerprint density at radius 2 is 2.12 bits per heavy atom. The lowest BCUT2D eigenvalue weighted by molar-refractivity contribution is -0.0851. The van der Waals surface area contributed by atoms with Gasteiger partial charge >= 0.3 is 0 Å². The lowest BCUT2D eigenvalue weighted by Gasteiger charge is -2.31. The minimum Gasteiger partial charge on any atom is -0.376 e. The zero-order chi connectivity index (χ0) is 15.9. The SMILES string of the molecule is CN=C(NCC1COCCO1)N1CC=C(c2ccccc2)CC1.I. The first-order chi connectivity index (χ1) is 11.4. The molecule has 0 bridgehead atoms. The van der Waals surface area contributed by atoms with Crippen LogP contribution in [-0.2, 0) is 9.47 Å². The van der Waals surface area contributed by atoms with Crippen LogP contribution in [0.5, 0.6) is 0 Å². The van der Waals surface area contributed by atoms with Gasteiger partial charge in [0.05, 0.1) is 25.9 Å². The summed E-state index contributed by atoms with van der Waals surface area (Å²) < 4.78 is 11.1. The summed E-state index contributed by atoms with van der Waals surface area (Å²) in [5, 5.41) is 3.41. The van der Waals surface area contributed by atoms with Crippen molar-refractivity contribution in [3.63, 3.8) is 0 Å². The number of guanidine groups is 1. The highest BCUT2D eigenvalue weighted by molar-refractivity contribution is 14.0. The minimum atomic E-state index is 0. The van der Waals surface area contributed by atoms with Crippen molar-refractivity contribution in [2.24, 2.45) is 4.99 Å². The summed E-state index contributed by atoms with van der Waals surface area (Å²) in [6.07, 6.45) is 3.44. The molecule has 0 radical (unpaired) electrons. The Hall–Kier alpha value is -1.12. The second-order valence-corrected chi connectivity index (χ2v) is 5.79. The molecule has 2 aliphatic heterocycles. The average molecular weight is 443 g/mol. The molecule has 24 heavy (non-hydrogen) atoms. The highest BCUT2D eigenvalue weighted by Crippen LogP contribution is 2.21. The fourth-order valence-electron chi connectivity index (χ4n) is 2.97. The topological polar surface area (TPSA) is 46.1 Å². The number of nitrogens with one attached hydrogen (secondary N) is 1. The Bertz CT molecular complexity index is 557. The average Bonchev–Trinajstić information content (AvgIpc) is 2.64. The van der Waals surface area contributed by atoms with Crippen LogP contribution in [0.15, 0.2) is 41.4 Å². The molecule has 0 aliphatic carbocycles. The van der Waals surface area contributed by atoms with Gasteiger partial charge in [0.15, 0.2) is 5.96 Å². The van der Waals surface area contributed by atoms with Gasteiger partial charge in [0.2, 0.25) is 0 Å². The number of hydrogen-bond donors (Lipinski definition) is 1. The number of aliphatic imine (C=N–C) groups is 1. The summed E-state index contributed by atoms with van der Waals surface area (Å²) >= 11 is 0. The number of hydrogen-bond acceptors (Lipinski definition) is 3. The molecule has 0 saturated carbocycles. The maximum Gasteiger partial charge on any atom is 0.194 e. The molecule has 0 spiro atoms. The number of benzene rings is 1. The van der Waals surface area contributed by atoms with Gasteiger partial charge in [-0.3, -0.25) is 4.99 Å². The molecule has 1 unspecified atom stereocenters. The molecule has 6 heteroatoms. The highest BCUT2D eigenvalue weighted by Gasteiger charge is 2.19. The standard InChI is InChI=1S/C18H25N3O2.HI/c1-19-18(20-13-17-14-22-11-12-23-17)21-9-7-16(8-10-21)15-5-3-2-4-6-15;/h2-7,17H,8-14H2,1H3,(H,19,20);1H. The Morgan fingerprint density at radius 3 is 2.75 bits per heavy atom. The van der Waals surface area contributed by atoms with Crippen molar-refractivity contribution < 1.29 is 9.47 Å². The Labute approximate surface area is 161 Å². The monoisotopic (exact) mass is 443 g/mol. The minimum absolute atomic E-state index is 0. The van der Waals surface area contributed by atoms with Crippen LogP contribution in [0.3, 0.4) is 0 Å². The molecule has 3 rings (SSSR count). The van der Waals surface area contributed by atoms with Crippen LogP contribution in [0.1, 0.15) is 12.0 Å². The fourth-order valence-corrected chi connectivity index (χ4v) is 2.97. The van der Waals surface area contributed by atoms with Crippen molar-refractivity contribution in [3.8, 4) is 0 Å². The molecule has 0 aromatic heterocycles. The van der Waals surface area contributed by atoms with Gasteiger partial charge in [-0.1, -0.05) is 36.4 Å². The molecule has 1 fully saturated rings. The molecule has 1 atom stereocenters. The summed E-state index contributed by atoms with van der Waals surface area (Å²) in [6, 6.07) is 10.6. The summed E-state index contributed by atoms with van der Waals surface area (Å²) in [4.78, 5) is 6.67. The molecule has 2 heterocycles. The summed E-state index contributed by atoms with van der Waals surface area (Å²) in [5.74, 6) is 0.933. The largest absolute Gasteiger partial charge is 0.376 e. The second kappa shape index (κ2) is 10.0. The predicted molar refractivity (Wildman–Crippen MR) is 108 cm³/mol. The van der Waals surface area contributed by atoms with Gasteiger partial charge in [-0.05, 0) is 17.6 Å². The molecular weight excluding hydrogens is 417 g/mol. The zero-order valence-corrected chi connectivity index (χ0v) is 16.4. The Kier molecular flexibility index (Phi) is 8.01. The normalized spacial score (nSPS) is 21.7. The van der Waals surface area contributed by atoms with Crippen molar-refractivity contribution >= 4 is 35.5 Å². The molecular formula is C18H26IN3O2. The molecule has 1 saturated heterocycles. The third-order valence-electron chi connectivity index (χ3n) is 4.24. The van der Waals surface area contributed by atoms with Gasteiger partial charge in [-0.2, -0.15) is 0 Å². The zero-order valence-electron chi connectivity index (χ0n) is 14.1. The van der Waals surface area contributed by atoms with Crippen molar-refractivity contribution in [2.45, 2.75) is 12.5 Å². The molecule has 5 nitrogen and oxygen atoms in total. The molecule has 1 N–H and O–H groups in total. The van der Waals surface area contributed by atoms with E-state index in [-0.39, 0.29) is 30.1 Å². The lowest BCUT2D eigenvalue weighted by atomic mass is 10.00. The van der Waals surface area contributed by atoms with Crippen molar-refractivity contribution in [3.05, 3.63) is 42.0 Å². The van der Waals surface area contributed by atoms with Crippen molar-refractivity contribution in [1.82, 2.24) is 10.2 Å². The van der Waals surface area contributed by atoms with E-state index in [1.165, 1.54) is 11.1 Å². The number of halogens is 1. The van der Waals surface area contributed by atoms with Crippen molar-refractivity contribution in [1.29, 1.82) is 0 Å². The van der Waals surface area contributed by atoms with Crippen LogP contribution in [-0.4, -0.2) is 63.5 Å². The van der Waals surface area contributed by atoms with Gasteiger partial charge in [-0.25, -0.2) is 0 Å². The third-order valence-corrected chi connectivity index (χ3v) is 4.24. The van der Waals surface area contributed by atoms with Crippen LogP contribution >= 0.6 is 24.0 Å². The molecule has 132 valence electrons. The van der Waals surface area contributed by atoms with Crippen molar-refractivity contribution in [2.75, 3.05) is 46.5 Å². The number of nitrogens with zero attached hydrogens (tertiary/aromatic N) is 2. The van der Waals surface area contributed by atoms with E-state index in [0.29, 0.717) is 19.8 Å². The number of rotatable bonds is 3. The first-order valence-corrected chi connectivity index (χ1v) is 8.26. The lowest BCUT2D eigenvalue weighted by Crippen LogP contribution is -2.47. The van der Waals surface area contributed by atoms with E-state index in [1.807, 2.05) is 7.05 Å². The first-order valence-electron chi connectivity index (χ1n) is 8.26. The quantitative estimate of drug-likeness (QED) is 0.443. The molecule has 2 aliphatic rings. The summed E-state index contributed by atoms with van der Waals surface area (Å²) in [6.45, 7) is 4.62. The van der Waals surface area contributed by atoms with Gasteiger partial charge in [-0.15, -0.1) is 24.0 Å². The summed E-state index contributed by atoms with van der Waals surface area (Å²) in [7, 11) is 1.83. The Balaban J connectivity index is 0.00000208. The van der Waals surface area contributed by atoms with Crippen LogP contribution < -0.4 is 5.32 Å². The number of ether oxygens (including phenoxy) is 2. The van der Waals surface area contributed by atoms with Gasteiger partial charge in [0, 0.05) is 26.7 Å². The van der Waals surface area contributed by atoms with Gasteiger partial charge in [0.25, 0.3) is 0 Å². The van der Waals surface area contributed by atoms with E-state index in [0.717, 1.165) is 32.0 Å². The van der Waals surface area contributed by atoms with E-state index in [1.54, 1.807) is 0 Å².